The number of phenols is 1. The van der Waals surface area contributed by atoms with Crippen molar-refractivity contribution >= 4 is 23.0 Å². The largest absolute Gasteiger partial charge is 0.508 e. The van der Waals surface area contributed by atoms with Crippen LogP contribution in [0.4, 0.5) is 5.69 Å². The van der Waals surface area contributed by atoms with Gasteiger partial charge in [-0.05, 0) is 37.3 Å². The van der Waals surface area contributed by atoms with Crippen LogP contribution >= 0.6 is 12.2 Å². The fourth-order valence-corrected chi connectivity index (χ4v) is 2.44. The molecule has 2 N–H and O–H groups in total. The van der Waals surface area contributed by atoms with Crippen molar-refractivity contribution < 1.29 is 9.84 Å². The molecule has 116 valence electrons. The van der Waals surface area contributed by atoms with Gasteiger partial charge in [-0.1, -0.05) is 30.3 Å². The summed E-state index contributed by atoms with van der Waals surface area (Å²) in [7, 11) is 3.51. The molecule has 0 saturated carbocycles. The molecule has 0 aliphatic carbocycles. The number of hydrogen-bond acceptors (Lipinski definition) is 3. The number of thiocarbonyl (C=S) groups is 1. The first-order valence-electron chi connectivity index (χ1n) is 6.99. The molecule has 22 heavy (non-hydrogen) atoms. The van der Waals surface area contributed by atoms with Gasteiger partial charge in [0.2, 0.25) is 0 Å². The summed E-state index contributed by atoms with van der Waals surface area (Å²) in [5.41, 5.74) is 1.64. The number of anilines is 1. The van der Waals surface area contributed by atoms with Crippen LogP contribution in [0.3, 0.4) is 0 Å². The van der Waals surface area contributed by atoms with Crippen molar-refractivity contribution in [3.63, 3.8) is 0 Å². The Morgan fingerprint density at radius 2 is 1.82 bits per heavy atom. The lowest BCUT2D eigenvalue weighted by Gasteiger charge is -2.28. The van der Waals surface area contributed by atoms with Crippen molar-refractivity contribution in [3.8, 4) is 11.5 Å². The van der Waals surface area contributed by atoms with Crippen LogP contribution in [0.2, 0.25) is 0 Å². The number of nitrogens with zero attached hydrogens (tertiary/aromatic N) is 1. The van der Waals surface area contributed by atoms with Crippen LogP contribution in [0, 0.1) is 0 Å². The van der Waals surface area contributed by atoms with E-state index in [9.17, 15) is 5.11 Å². The van der Waals surface area contributed by atoms with Gasteiger partial charge in [-0.15, -0.1) is 0 Å². The highest BCUT2D eigenvalue weighted by atomic mass is 32.1. The van der Waals surface area contributed by atoms with Crippen LogP contribution < -0.4 is 10.1 Å². The van der Waals surface area contributed by atoms with Gasteiger partial charge in [0.25, 0.3) is 0 Å². The lowest BCUT2D eigenvalue weighted by molar-refractivity contribution is 0.384. The zero-order valence-corrected chi connectivity index (χ0v) is 13.7. The van der Waals surface area contributed by atoms with Crippen molar-refractivity contribution in [3.05, 3.63) is 54.1 Å². The van der Waals surface area contributed by atoms with Crippen molar-refractivity contribution in [2.24, 2.45) is 0 Å². The molecule has 0 heterocycles. The Kier molecular flexibility index (Phi) is 5.22. The second kappa shape index (κ2) is 7.13. The first-order chi connectivity index (χ1) is 10.5. The van der Waals surface area contributed by atoms with E-state index in [1.807, 2.05) is 55.3 Å². The monoisotopic (exact) mass is 316 g/mol. The number of benzene rings is 2. The van der Waals surface area contributed by atoms with Crippen molar-refractivity contribution in [1.29, 1.82) is 0 Å². The highest BCUT2D eigenvalue weighted by Crippen LogP contribution is 2.29. The molecule has 0 saturated heterocycles. The standard InChI is InChI=1S/C17H20N2O2S/c1-12(13-8-4-6-10-15(13)20)19(2)17(22)18-14-9-5-7-11-16(14)21-3/h4-12,20H,1-3H3,(H,18,22)/t12-/m1/s1. The molecule has 0 aliphatic rings. The minimum atomic E-state index is -0.0593. The highest BCUT2D eigenvalue weighted by molar-refractivity contribution is 7.80. The van der Waals surface area contributed by atoms with E-state index >= 15 is 0 Å². The molecular weight excluding hydrogens is 296 g/mol. The van der Waals surface area contributed by atoms with E-state index in [1.54, 1.807) is 19.2 Å². The van der Waals surface area contributed by atoms with Crippen LogP contribution in [-0.2, 0) is 0 Å². The first-order valence-corrected chi connectivity index (χ1v) is 7.40. The molecule has 0 radical (unpaired) electrons. The summed E-state index contributed by atoms with van der Waals surface area (Å²) in [6.07, 6.45) is 0. The van der Waals surface area contributed by atoms with Crippen LogP contribution in [0.25, 0.3) is 0 Å². The Morgan fingerprint density at radius 3 is 2.50 bits per heavy atom. The fourth-order valence-electron chi connectivity index (χ4n) is 2.18. The normalized spacial score (nSPS) is 11.6. The number of hydrogen-bond donors (Lipinski definition) is 2. The maximum atomic E-state index is 9.97. The van der Waals surface area contributed by atoms with E-state index in [-0.39, 0.29) is 11.8 Å². The molecule has 0 aliphatic heterocycles. The maximum absolute atomic E-state index is 9.97. The van der Waals surface area contributed by atoms with E-state index < -0.39 is 0 Å². The van der Waals surface area contributed by atoms with Gasteiger partial charge in [-0.3, -0.25) is 0 Å². The average molecular weight is 316 g/mol. The summed E-state index contributed by atoms with van der Waals surface area (Å²) < 4.78 is 5.31. The third kappa shape index (κ3) is 3.49. The third-order valence-electron chi connectivity index (χ3n) is 3.64. The Morgan fingerprint density at radius 1 is 1.18 bits per heavy atom. The zero-order chi connectivity index (χ0) is 16.1. The van der Waals surface area contributed by atoms with Gasteiger partial charge in [0.1, 0.15) is 11.5 Å². The molecule has 0 spiro atoms. The highest BCUT2D eigenvalue weighted by Gasteiger charge is 2.18. The second-order valence-electron chi connectivity index (χ2n) is 4.98. The number of methoxy groups -OCH3 is 1. The van der Waals surface area contributed by atoms with Crippen molar-refractivity contribution in [1.82, 2.24) is 4.90 Å². The average Bonchev–Trinajstić information content (AvgIpc) is 2.54. The first kappa shape index (κ1) is 16.1. The quantitative estimate of drug-likeness (QED) is 0.840. The fraction of sp³-hybridized carbons (Fsp3) is 0.235. The second-order valence-corrected chi connectivity index (χ2v) is 5.36. The molecule has 5 heteroatoms. The topological polar surface area (TPSA) is 44.7 Å². The van der Waals surface area contributed by atoms with Crippen LogP contribution in [0.5, 0.6) is 11.5 Å². The molecule has 0 fully saturated rings. The molecule has 1 atom stereocenters. The number of ether oxygens (including phenoxy) is 1. The molecule has 0 amide bonds. The lowest BCUT2D eigenvalue weighted by atomic mass is 10.1. The maximum Gasteiger partial charge on any atom is 0.173 e. The van der Waals surface area contributed by atoms with E-state index in [0.717, 1.165) is 17.0 Å². The minimum Gasteiger partial charge on any atom is -0.508 e. The molecule has 2 aromatic carbocycles. The summed E-state index contributed by atoms with van der Waals surface area (Å²) in [6.45, 7) is 1.99. The summed E-state index contributed by atoms with van der Waals surface area (Å²) in [5, 5.41) is 13.7. The summed E-state index contributed by atoms with van der Waals surface area (Å²) >= 11 is 5.46. The van der Waals surface area contributed by atoms with Gasteiger partial charge in [0, 0.05) is 12.6 Å². The van der Waals surface area contributed by atoms with Gasteiger partial charge in [-0.25, -0.2) is 0 Å². The van der Waals surface area contributed by atoms with Gasteiger partial charge < -0.3 is 20.1 Å². The van der Waals surface area contributed by atoms with E-state index in [1.165, 1.54) is 0 Å². The molecule has 0 aromatic heterocycles. The molecule has 0 bridgehead atoms. The Hall–Kier alpha value is -2.27. The number of nitrogens with one attached hydrogen (secondary N) is 1. The van der Waals surface area contributed by atoms with Gasteiger partial charge in [-0.2, -0.15) is 0 Å². The Balaban J connectivity index is 2.14. The van der Waals surface area contributed by atoms with Crippen LogP contribution in [0.15, 0.2) is 48.5 Å². The number of aromatic hydroxyl groups is 1. The van der Waals surface area contributed by atoms with Crippen LogP contribution in [0.1, 0.15) is 18.5 Å². The summed E-state index contributed by atoms with van der Waals surface area (Å²) in [4.78, 5) is 1.90. The number of para-hydroxylation sites is 3. The summed E-state index contributed by atoms with van der Waals surface area (Å²) in [5.74, 6) is 0.996. The van der Waals surface area contributed by atoms with Gasteiger partial charge >= 0.3 is 0 Å². The van der Waals surface area contributed by atoms with E-state index in [4.69, 9.17) is 17.0 Å². The zero-order valence-electron chi connectivity index (χ0n) is 12.9. The summed E-state index contributed by atoms with van der Waals surface area (Å²) in [6, 6.07) is 14.8. The van der Waals surface area contributed by atoms with Crippen LogP contribution in [-0.4, -0.2) is 29.3 Å². The predicted molar refractivity (Wildman–Crippen MR) is 93.5 cm³/mol. The SMILES string of the molecule is COc1ccccc1NC(=S)N(C)[C@H](C)c1ccccc1O. The third-order valence-corrected chi connectivity index (χ3v) is 4.03. The molecule has 4 nitrogen and oxygen atoms in total. The molecule has 2 rings (SSSR count). The van der Waals surface area contributed by atoms with Crippen molar-refractivity contribution in [2.45, 2.75) is 13.0 Å². The Bertz CT molecular complexity index is 661. The van der Waals surface area contributed by atoms with Gasteiger partial charge in [0.15, 0.2) is 5.11 Å². The van der Waals surface area contributed by atoms with Crippen molar-refractivity contribution in [2.75, 3.05) is 19.5 Å². The smallest absolute Gasteiger partial charge is 0.173 e. The number of rotatable bonds is 4. The minimum absolute atomic E-state index is 0.0593. The predicted octanol–water partition coefficient (Wildman–Crippen LogP) is 3.79. The van der Waals surface area contributed by atoms with Gasteiger partial charge in [0.05, 0.1) is 18.8 Å². The lowest BCUT2D eigenvalue weighted by Crippen LogP contribution is -2.33. The molecule has 0 unspecified atom stereocenters. The van der Waals surface area contributed by atoms with E-state index in [0.29, 0.717) is 5.11 Å². The molecule has 2 aromatic rings. The Labute approximate surface area is 136 Å². The number of phenolic OH excluding ortho intramolecular Hbond substituents is 1. The molecular formula is C17H20N2O2S. The van der Waals surface area contributed by atoms with E-state index in [2.05, 4.69) is 5.32 Å².